The lowest BCUT2D eigenvalue weighted by molar-refractivity contribution is 0.139. The third-order valence-corrected chi connectivity index (χ3v) is 4.21. The number of nitrogens with zero attached hydrogens (tertiary/aromatic N) is 1. The number of rotatable bonds is 6. The number of fused-ring (bicyclic) bond motifs is 1. The van der Waals surface area contributed by atoms with E-state index in [1.165, 1.54) is 0 Å². The number of nitrogens with one attached hydrogen (secondary N) is 1. The van der Waals surface area contributed by atoms with Crippen molar-refractivity contribution in [3.63, 3.8) is 0 Å². The van der Waals surface area contributed by atoms with Crippen molar-refractivity contribution in [2.45, 2.75) is 24.7 Å². The minimum atomic E-state index is -3.43. The Morgan fingerprint density at radius 3 is 2.84 bits per heavy atom. The molecule has 0 saturated carbocycles. The number of sulfonamides is 1. The topological polar surface area (TPSA) is 67.8 Å². The standard InChI is InChI=1S/C13H18N2O3S/c1-2-3-9-18-10-8-14-13-11-6-4-5-7-12(11)19(16,17)15-13/h4-7H,2-3,8-10H2,1H3,(H,14,15). The van der Waals surface area contributed by atoms with Crippen LogP contribution in [0.25, 0.3) is 0 Å². The monoisotopic (exact) mass is 282 g/mol. The molecule has 0 fully saturated rings. The summed E-state index contributed by atoms with van der Waals surface area (Å²) in [5, 5.41) is 0. The van der Waals surface area contributed by atoms with E-state index in [0.717, 1.165) is 19.4 Å². The summed E-state index contributed by atoms with van der Waals surface area (Å²) in [4.78, 5) is 4.55. The van der Waals surface area contributed by atoms with Gasteiger partial charge in [-0.1, -0.05) is 25.5 Å². The Labute approximate surface area is 113 Å². The Kier molecular flexibility index (Phi) is 4.55. The molecule has 0 spiro atoms. The summed E-state index contributed by atoms with van der Waals surface area (Å²) in [6, 6.07) is 6.84. The maximum atomic E-state index is 11.8. The summed E-state index contributed by atoms with van der Waals surface area (Å²) >= 11 is 0. The molecule has 5 nitrogen and oxygen atoms in total. The third kappa shape index (κ3) is 3.33. The van der Waals surface area contributed by atoms with Gasteiger partial charge in [0.1, 0.15) is 5.84 Å². The first-order valence-corrected chi connectivity index (χ1v) is 7.88. The average molecular weight is 282 g/mol. The maximum Gasteiger partial charge on any atom is 0.263 e. The molecule has 1 aliphatic rings. The highest BCUT2D eigenvalue weighted by Gasteiger charge is 2.29. The molecule has 0 bridgehead atoms. The Morgan fingerprint density at radius 1 is 1.26 bits per heavy atom. The average Bonchev–Trinajstić information content (AvgIpc) is 2.66. The van der Waals surface area contributed by atoms with E-state index in [9.17, 15) is 8.42 Å². The Bertz CT molecular complexity index is 567. The Hall–Kier alpha value is -1.40. The molecular weight excluding hydrogens is 264 g/mol. The van der Waals surface area contributed by atoms with Gasteiger partial charge < -0.3 is 4.74 Å². The first-order valence-electron chi connectivity index (χ1n) is 6.39. The second kappa shape index (κ2) is 6.16. The molecular formula is C13H18N2O3S. The molecule has 0 aliphatic carbocycles. The van der Waals surface area contributed by atoms with Gasteiger partial charge in [0.25, 0.3) is 10.0 Å². The van der Waals surface area contributed by atoms with Gasteiger partial charge in [-0.2, -0.15) is 0 Å². The zero-order valence-electron chi connectivity index (χ0n) is 10.9. The van der Waals surface area contributed by atoms with Crippen LogP contribution in [0.2, 0.25) is 0 Å². The van der Waals surface area contributed by atoms with E-state index in [1.807, 2.05) is 0 Å². The van der Waals surface area contributed by atoms with Crippen LogP contribution in [0, 0.1) is 0 Å². The molecule has 1 aromatic rings. The SMILES string of the molecule is CCCCOCCN=C1NS(=O)(=O)c2ccccc21. The van der Waals surface area contributed by atoms with E-state index < -0.39 is 10.0 Å². The van der Waals surface area contributed by atoms with Crippen molar-refractivity contribution in [2.75, 3.05) is 19.8 Å². The van der Waals surface area contributed by atoms with Gasteiger partial charge in [0.2, 0.25) is 0 Å². The maximum absolute atomic E-state index is 11.8. The van der Waals surface area contributed by atoms with Gasteiger partial charge in [-0.25, -0.2) is 8.42 Å². The number of unbranched alkanes of at least 4 members (excludes halogenated alkanes) is 1. The van der Waals surface area contributed by atoms with E-state index in [4.69, 9.17) is 4.74 Å². The minimum Gasteiger partial charge on any atom is -0.380 e. The van der Waals surface area contributed by atoms with Gasteiger partial charge in [0.15, 0.2) is 0 Å². The van der Waals surface area contributed by atoms with Gasteiger partial charge in [0, 0.05) is 12.2 Å². The van der Waals surface area contributed by atoms with Gasteiger partial charge in [-0.05, 0) is 18.6 Å². The summed E-state index contributed by atoms with van der Waals surface area (Å²) in [6.07, 6.45) is 2.13. The third-order valence-electron chi connectivity index (χ3n) is 2.81. The number of amidine groups is 1. The van der Waals surface area contributed by atoms with Gasteiger partial charge in [0.05, 0.1) is 18.0 Å². The zero-order valence-corrected chi connectivity index (χ0v) is 11.7. The Morgan fingerprint density at radius 2 is 2.05 bits per heavy atom. The lowest BCUT2D eigenvalue weighted by atomic mass is 10.2. The molecule has 0 saturated heterocycles. The molecule has 0 aromatic heterocycles. The molecule has 1 heterocycles. The number of hydrogen-bond acceptors (Lipinski definition) is 4. The first-order chi connectivity index (χ1) is 9.15. The summed E-state index contributed by atoms with van der Waals surface area (Å²) in [7, 11) is -3.43. The van der Waals surface area contributed by atoms with Crippen LogP contribution in [0.4, 0.5) is 0 Å². The van der Waals surface area contributed by atoms with Crippen LogP contribution in [-0.2, 0) is 14.8 Å². The van der Waals surface area contributed by atoms with E-state index in [-0.39, 0.29) is 0 Å². The van der Waals surface area contributed by atoms with E-state index in [0.29, 0.717) is 29.4 Å². The van der Waals surface area contributed by atoms with Crippen molar-refractivity contribution >= 4 is 15.9 Å². The van der Waals surface area contributed by atoms with Gasteiger partial charge >= 0.3 is 0 Å². The highest BCUT2D eigenvalue weighted by molar-refractivity contribution is 7.90. The first kappa shape index (κ1) is 14.0. The predicted octanol–water partition coefficient (Wildman–Crippen LogP) is 1.54. The molecule has 1 aliphatic heterocycles. The molecule has 0 amide bonds. The highest BCUT2D eigenvalue weighted by atomic mass is 32.2. The van der Waals surface area contributed by atoms with Gasteiger partial charge in [-0.15, -0.1) is 0 Å². The van der Waals surface area contributed by atoms with Gasteiger partial charge in [-0.3, -0.25) is 9.71 Å². The quantitative estimate of drug-likeness (QED) is 0.805. The van der Waals surface area contributed by atoms with Crippen molar-refractivity contribution in [3.05, 3.63) is 29.8 Å². The lowest BCUT2D eigenvalue weighted by Gasteiger charge is -2.01. The van der Waals surface area contributed by atoms with Crippen LogP contribution in [0.5, 0.6) is 0 Å². The largest absolute Gasteiger partial charge is 0.380 e. The van der Waals surface area contributed by atoms with Crippen LogP contribution < -0.4 is 4.72 Å². The number of ether oxygens (including phenoxy) is 1. The molecule has 6 heteroatoms. The number of benzene rings is 1. The molecule has 1 aromatic carbocycles. The Balaban J connectivity index is 1.99. The summed E-state index contributed by atoms with van der Waals surface area (Å²) < 4.78 is 31.5. The zero-order chi connectivity index (χ0) is 13.7. The van der Waals surface area contributed by atoms with Crippen LogP contribution in [-0.4, -0.2) is 34.0 Å². The fourth-order valence-electron chi connectivity index (χ4n) is 1.82. The molecule has 2 rings (SSSR count). The van der Waals surface area contributed by atoms with Crippen molar-refractivity contribution in [1.82, 2.24) is 4.72 Å². The predicted molar refractivity (Wildman–Crippen MR) is 73.9 cm³/mol. The number of hydrogen-bond donors (Lipinski definition) is 1. The van der Waals surface area contributed by atoms with Crippen LogP contribution >= 0.6 is 0 Å². The van der Waals surface area contributed by atoms with Crippen LogP contribution in [0.3, 0.4) is 0 Å². The second-order valence-corrected chi connectivity index (χ2v) is 5.95. The molecule has 0 atom stereocenters. The molecule has 0 radical (unpaired) electrons. The molecule has 0 unspecified atom stereocenters. The molecule has 19 heavy (non-hydrogen) atoms. The van der Waals surface area contributed by atoms with Crippen molar-refractivity contribution < 1.29 is 13.2 Å². The second-order valence-electron chi connectivity index (χ2n) is 4.30. The van der Waals surface area contributed by atoms with Crippen LogP contribution in [0.15, 0.2) is 34.2 Å². The minimum absolute atomic E-state index is 0.292. The van der Waals surface area contributed by atoms with Crippen LogP contribution in [0.1, 0.15) is 25.3 Å². The van der Waals surface area contributed by atoms with Crippen molar-refractivity contribution in [2.24, 2.45) is 4.99 Å². The fraction of sp³-hybridized carbons (Fsp3) is 0.462. The summed E-state index contributed by atoms with van der Waals surface area (Å²) in [5.74, 6) is 0.412. The van der Waals surface area contributed by atoms with Crippen molar-refractivity contribution in [1.29, 1.82) is 0 Å². The van der Waals surface area contributed by atoms with Crippen molar-refractivity contribution in [3.8, 4) is 0 Å². The highest BCUT2D eigenvalue weighted by Crippen LogP contribution is 2.21. The number of aliphatic imine (C=N–C) groups is 1. The fourth-order valence-corrected chi connectivity index (χ4v) is 3.07. The summed E-state index contributed by atoms with van der Waals surface area (Å²) in [6.45, 7) is 3.79. The molecule has 1 N–H and O–H groups in total. The summed E-state index contributed by atoms with van der Waals surface area (Å²) in [5.41, 5.74) is 0.635. The lowest BCUT2D eigenvalue weighted by Crippen LogP contribution is -2.22. The molecule has 104 valence electrons. The van der Waals surface area contributed by atoms with E-state index in [2.05, 4.69) is 16.6 Å². The normalized spacial score (nSPS) is 18.3. The smallest absolute Gasteiger partial charge is 0.263 e. The van der Waals surface area contributed by atoms with E-state index in [1.54, 1.807) is 24.3 Å². The van der Waals surface area contributed by atoms with E-state index >= 15 is 0 Å².